The van der Waals surface area contributed by atoms with E-state index in [-0.39, 0.29) is 18.5 Å². The van der Waals surface area contributed by atoms with E-state index >= 15 is 0 Å². The first kappa shape index (κ1) is 30.3. The zero-order valence-corrected chi connectivity index (χ0v) is 24.2. The highest BCUT2D eigenvalue weighted by Gasteiger charge is 2.34. The van der Waals surface area contributed by atoms with Crippen LogP contribution in [0.25, 0.3) is 0 Å². The molecular weight excluding hydrogens is 488 g/mol. The molecule has 9 heteroatoms. The summed E-state index contributed by atoms with van der Waals surface area (Å²) >= 11 is 0. The largest absolute Gasteiger partial charge is 0.352 e. The van der Waals surface area contributed by atoms with Crippen molar-refractivity contribution in [3.8, 4) is 0 Å². The Morgan fingerprint density at radius 3 is 2.16 bits per heavy atom. The topological polar surface area (TPSA) is 90.0 Å². The van der Waals surface area contributed by atoms with Crippen molar-refractivity contribution < 1.29 is 18.0 Å². The summed E-state index contributed by atoms with van der Waals surface area (Å²) < 4.78 is 29.1. The summed E-state index contributed by atoms with van der Waals surface area (Å²) in [7, 11) is -1.11. The van der Waals surface area contributed by atoms with Crippen LogP contribution in [-0.4, -0.2) is 62.2 Å². The van der Waals surface area contributed by atoms with Crippen molar-refractivity contribution >= 4 is 27.7 Å². The maximum absolute atomic E-state index is 14.0. The molecule has 0 aromatic heterocycles. The molecule has 2 rings (SSSR count). The van der Waals surface area contributed by atoms with Gasteiger partial charge in [-0.25, -0.2) is 4.31 Å². The Bertz CT molecular complexity index is 1200. The van der Waals surface area contributed by atoms with Gasteiger partial charge in [0.15, 0.2) is 0 Å². The molecule has 204 valence electrons. The number of nitrogens with one attached hydrogen (secondary N) is 1. The third kappa shape index (κ3) is 7.79. The number of anilines is 1. The molecule has 0 aliphatic rings. The van der Waals surface area contributed by atoms with Crippen LogP contribution >= 0.6 is 0 Å². The fraction of sp³-hybridized carbons (Fsp3) is 0.500. The monoisotopic (exact) mass is 530 g/mol. The van der Waals surface area contributed by atoms with Gasteiger partial charge in [-0.2, -0.15) is 12.7 Å². The number of nitrogens with zero attached hydrogens (tertiary/aromatic N) is 3. The third-order valence-corrected chi connectivity index (χ3v) is 8.28. The smallest absolute Gasteiger partial charge is 0.304 e. The van der Waals surface area contributed by atoms with E-state index in [0.717, 1.165) is 37.3 Å². The molecule has 0 aliphatic carbocycles. The second-order valence-corrected chi connectivity index (χ2v) is 11.9. The minimum Gasteiger partial charge on any atom is -0.352 e. The van der Waals surface area contributed by atoms with Gasteiger partial charge in [-0.1, -0.05) is 55.8 Å². The van der Waals surface area contributed by atoms with Crippen LogP contribution in [0.1, 0.15) is 55.9 Å². The summed E-state index contributed by atoms with van der Waals surface area (Å²) in [5.74, 6) is -0.689. The van der Waals surface area contributed by atoms with Gasteiger partial charge in [-0.3, -0.25) is 9.59 Å². The van der Waals surface area contributed by atoms with Crippen molar-refractivity contribution in [2.24, 2.45) is 0 Å². The molecule has 2 amide bonds. The second-order valence-electron chi connectivity index (χ2n) is 9.84. The lowest BCUT2D eigenvalue weighted by Gasteiger charge is -2.34. The van der Waals surface area contributed by atoms with Gasteiger partial charge < -0.3 is 10.2 Å². The molecule has 8 nitrogen and oxygen atoms in total. The van der Waals surface area contributed by atoms with Gasteiger partial charge >= 0.3 is 10.2 Å². The van der Waals surface area contributed by atoms with E-state index in [2.05, 4.69) is 5.32 Å². The quantitative estimate of drug-likeness (QED) is 0.450. The Morgan fingerprint density at radius 2 is 1.59 bits per heavy atom. The number of carbonyl (C=O) groups excluding carboxylic acids is 2. The number of amides is 2. The first-order valence-electron chi connectivity index (χ1n) is 12.7. The fourth-order valence-corrected chi connectivity index (χ4v) is 5.17. The first-order valence-corrected chi connectivity index (χ1v) is 14.1. The van der Waals surface area contributed by atoms with Gasteiger partial charge in [0.25, 0.3) is 0 Å². The highest BCUT2D eigenvalue weighted by molar-refractivity contribution is 7.90. The molecule has 0 saturated heterocycles. The lowest BCUT2D eigenvalue weighted by atomic mass is 10.1. The number of hydrogen-bond donors (Lipinski definition) is 1. The number of rotatable bonds is 12. The molecular formula is C28H42N4O4S. The predicted octanol–water partition coefficient (Wildman–Crippen LogP) is 3.95. The number of benzene rings is 2. The van der Waals surface area contributed by atoms with Crippen molar-refractivity contribution in [3.63, 3.8) is 0 Å². The second kappa shape index (κ2) is 13.1. The van der Waals surface area contributed by atoms with E-state index in [1.807, 2.05) is 77.9 Å². The standard InChI is InChI=1S/C28H42N4O4S/c1-9-23(6)29-28(34)25(10-2)31(18-24-13-11-12-20(3)16-24)27(33)19-32(37(35,36)30(7)8)26-17-21(4)14-15-22(26)5/h11-17,23,25H,9-10,18-19H2,1-8H3,(H,29,34)/t23-,25-/m0/s1. The Morgan fingerprint density at radius 1 is 0.946 bits per heavy atom. The van der Waals surface area contributed by atoms with Crippen LogP contribution in [0.4, 0.5) is 5.69 Å². The third-order valence-electron chi connectivity index (χ3n) is 6.47. The molecule has 37 heavy (non-hydrogen) atoms. The molecule has 0 bridgehead atoms. The molecule has 0 saturated carbocycles. The molecule has 2 aromatic carbocycles. The summed E-state index contributed by atoms with van der Waals surface area (Å²) in [6, 6.07) is 12.5. The molecule has 0 radical (unpaired) electrons. The molecule has 1 N–H and O–H groups in total. The number of carbonyl (C=O) groups is 2. The van der Waals surface area contributed by atoms with Gasteiger partial charge in [0.1, 0.15) is 12.6 Å². The van der Waals surface area contributed by atoms with E-state index in [4.69, 9.17) is 0 Å². The van der Waals surface area contributed by atoms with Crippen molar-refractivity contribution in [3.05, 3.63) is 64.7 Å². The van der Waals surface area contributed by atoms with Gasteiger partial charge in [-0.15, -0.1) is 0 Å². The normalized spacial score (nSPS) is 13.2. The highest BCUT2D eigenvalue weighted by Crippen LogP contribution is 2.26. The molecule has 0 aliphatic heterocycles. The zero-order chi connectivity index (χ0) is 27.9. The van der Waals surface area contributed by atoms with Crippen LogP contribution < -0.4 is 9.62 Å². The van der Waals surface area contributed by atoms with E-state index < -0.39 is 28.7 Å². The summed E-state index contributed by atoms with van der Waals surface area (Å²) in [6.07, 6.45) is 1.15. The maximum Gasteiger partial charge on any atom is 0.304 e. The number of hydrogen-bond acceptors (Lipinski definition) is 4. The lowest BCUT2D eigenvalue weighted by Crippen LogP contribution is -2.54. The van der Waals surface area contributed by atoms with Crippen LogP contribution in [-0.2, 0) is 26.3 Å². The van der Waals surface area contributed by atoms with Crippen LogP contribution in [0.5, 0.6) is 0 Å². The van der Waals surface area contributed by atoms with Gasteiger partial charge in [0.2, 0.25) is 11.8 Å². The summed E-state index contributed by atoms with van der Waals surface area (Å²) in [5.41, 5.74) is 3.96. The SMILES string of the molecule is CC[C@H](C)NC(=O)[C@H](CC)N(Cc1cccc(C)c1)C(=O)CN(c1cc(C)ccc1C)S(=O)(=O)N(C)C. The summed E-state index contributed by atoms with van der Waals surface area (Å²) in [4.78, 5) is 28.7. The highest BCUT2D eigenvalue weighted by atomic mass is 32.2. The average molecular weight is 531 g/mol. The maximum atomic E-state index is 14.0. The van der Waals surface area contributed by atoms with E-state index in [9.17, 15) is 18.0 Å². The van der Waals surface area contributed by atoms with Gasteiger partial charge in [0.05, 0.1) is 5.69 Å². The van der Waals surface area contributed by atoms with E-state index in [0.29, 0.717) is 12.1 Å². The number of aryl methyl sites for hydroxylation is 3. The van der Waals surface area contributed by atoms with Crippen molar-refractivity contribution in [2.75, 3.05) is 24.9 Å². The zero-order valence-electron chi connectivity index (χ0n) is 23.4. The Kier molecular flexibility index (Phi) is 10.7. The van der Waals surface area contributed by atoms with Gasteiger partial charge in [0, 0.05) is 26.7 Å². The van der Waals surface area contributed by atoms with Crippen LogP contribution in [0, 0.1) is 20.8 Å². The van der Waals surface area contributed by atoms with Crippen LogP contribution in [0.15, 0.2) is 42.5 Å². The Hall–Kier alpha value is -2.91. The minimum atomic E-state index is -4.00. The first-order chi connectivity index (χ1) is 17.3. The predicted molar refractivity (Wildman–Crippen MR) is 150 cm³/mol. The molecule has 0 unspecified atom stereocenters. The molecule has 2 aromatic rings. The van der Waals surface area contributed by atoms with Crippen molar-refractivity contribution in [2.45, 2.75) is 73.0 Å². The molecule has 0 fully saturated rings. The molecule has 0 heterocycles. The average Bonchev–Trinajstić information content (AvgIpc) is 2.83. The Balaban J connectivity index is 2.56. The van der Waals surface area contributed by atoms with E-state index in [1.165, 1.54) is 19.0 Å². The minimum absolute atomic E-state index is 0.0435. The van der Waals surface area contributed by atoms with Crippen molar-refractivity contribution in [1.82, 2.24) is 14.5 Å². The van der Waals surface area contributed by atoms with Crippen LogP contribution in [0.2, 0.25) is 0 Å². The van der Waals surface area contributed by atoms with E-state index in [1.54, 1.807) is 6.07 Å². The Labute approximate surface area is 222 Å². The molecule has 0 spiro atoms. The van der Waals surface area contributed by atoms with Gasteiger partial charge in [-0.05, 0) is 63.3 Å². The van der Waals surface area contributed by atoms with Crippen LogP contribution in [0.3, 0.4) is 0 Å². The lowest BCUT2D eigenvalue weighted by molar-refractivity contribution is -0.140. The molecule has 2 atom stereocenters. The summed E-state index contributed by atoms with van der Waals surface area (Å²) in [6.45, 7) is 11.2. The summed E-state index contributed by atoms with van der Waals surface area (Å²) in [5, 5.41) is 2.99. The van der Waals surface area contributed by atoms with Crippen molar-refractivity contribution in [1.29, 1.82) is 0 Å². The fourth-order valence-electron chi connectivity index (χ4n) is 4.06.